The standard InChI is InChI=1S/C10H7BrClN3/c11-9-4-5-10(15-14-9)13-8-3-1-2-7(12)6-8/h1-6H,(H,13,15). The first kappa shape index (κ1) is 10.4. The Balaban J connectivity index is 2.18. The summed E-state index contributed by atoms with van der Waals surface area (Å²) in [7, 11) is 0. The summed E-state index contributed by atoms with van der Waals surface area (Å²) >= 11 is 9.07. The Morgan fingerprint density at radius 3 is 2.67 bits per heavy atom. The van der Waals surface area contributed by atoms with Gasteiger partial charge in [0.05, 0.1) is 0 Å². The zero-order valence-electron chi connectivity index (χ0n) is 7.61. The summed E-state index contributed by atoms with van der Waals surface area (Å²) in [6.07, 6.45) is 0. The third kappa shape index (κ3) is 2.91. The second-order valence-electron chi connectivity index (χ2n) is 2.88. The van der Waals surface area contributed by atoms with Gasteiger partial charge < -0.3 is 5.32 Å². The summed E-state index contributed by atoms with van der Waals surface area (Å²) in [5.41, 5.74) is 0.888. The quantitative estimate of drug-likeness (QED) is 0.915. The minimum atomic E-state index is 0.681. The molecule has 0 fully saturated rings. The van der Waals surface area contributed by atoms with Crippen LogP contribution in [0.15, 0.2) is 41.0 Å². The maximum Gasteiger partial charge on any atom is 0.153 e. The molecule has 5 heteroatoms. The van der Waals surface area contributed by atoms with E-state index in [0.717, 1.165) is 5.69 Å². The highest BCUT2D eigenvalue weighted by molar-refractivity contribution is 9.10. The van der Waals surface area contributed by atoms with Gasteiger partial charge in [-0.3, -0.25) is 0 Å². The van der Waals surface area contributed by atoms with Crippen molar-refractivity contribution in [3.05, 3.63) is 46.0 Å². The molecule has 2 aromatic rings. The predicted octanol–water partition coefficient (Wildman–Crippen LogP) is 3.64. The molecule has 1 aromatic heterocycles. The van der Waals surface area contributed by atoms with Crippen LogP contribution in [0.4, 0.5) is 11.5 Å². The van der Waals surface area contributed by atoms with Crippen molar-refractivity contribution >= 4 is 39.0 Å². The number of benzene rings is 1. The molecule has 0 unspecified atom stereocenters. The van der Waals surface area contributed by atoms with Gasteiger partial charge in [-0.25, -0.2) is 0 Å². The second kappa shape index (κ2) is 4.59. The van der Waals surface area contributed by atoms with E-state index in [0.29, 0.717) is 15.4 Å². The largest absolute Gasteiger partial charge is 0.339 e. The highest BCUT2D eigenvalue weighted by Gasteiger charge is 1.97. The van der Waals surface area contributed by atoms with E-state index in [1.807, 2.05) is 36.4 Å². The van der Waals surface area contributed by atoms with E-state index in [1.54, 1.807) is 0 Å². The van der Waals surface area contributed by atoms with Crippen molar-refractivity contribution in [2.75, 3.05) is 5.32 Å². The molecule has 0 spiro atoms. The SMILES string of the molecule is Clc1cccc(Nc2ccc(Br)nn2)c1. The number of nitrogens with zero attached hydrogens (tertiary/aromatic N) is 2. The lowest BCUT2D eigenvalue weighted by Crippen LogP contribution is -1.94. The maximum absolute atomic E-state index is 5.85. The van der Waals surface area contributed by atoms with Gasteiger partial charge in [-0.15, -0.1) is 10.2 Å². The molecule has 2 rings (SSSR count). The van der Waals surface area contributed by atoms with Gasteiger partial charge in [0.2, 0.25) is 0 Å². The molecule has 0 amide bonds. The van der Waals surface area contributed by atoms with Crippen LogP contribution in [0.5, 0.6) is 0 Å². The molecule has 1 heterocycles. The average Bonchev–Trinajstić information content (AvgIpc) is 2.22. The van der Waals surface area contributed by atoms with Crippen LogP contribution in [0, 0.1) is 0 Å². The zero-order chi connectivity index (χ0) is 10.7. The van der Waals surface area contributed by atoms with Gasteiger partial charge in [-0.05, 0) is 46.3 Å². The summed E-state index contributed by atoms with van der Waals surface area (Å²) in [5.74, 6) is 0.681. The number of rotatable bonds is 2. The molecule has 0 aliphatic carbocycles. The van der Waals surface area contributed by atoms with Crippen LogP contribution in [-0.4, -0.2) is 10.2 Å². The van der Waals surface area contributed by atoms with Gasteiger partial charge >= 0.3 is 0 Å². The van der Waals surface area contributed by atoms with E-state index in [2.05, 4.69) is 31.4 Å². The molecule has 0 saturated carbocycles. The number of aromatic nitrogens is 2. The van der Waals surface area contributed by atoms with Gasteiger partial charge in [-0.1, -0.05) is 17.7 Å². The summed E-state index contributed by atoms with van der Waals surface area (Å²) in [6, 6.07) is 11.1. The molecule has 0 radical (unpaired) electrons. The van der Waals surface area contributed by atoms with Crippen molar-refractivity contribution in [3.63, 3.8) is 0 Å². The van der Waals surface area contributed by atoms with E-state index < -0.39 is 0 Å². The maximum atomic E-state index is 5.85. The van der Waals surface area contributed by atoms with E-state index in [-0.39, 0.29) is 0 Å². The van der Waals surface area contributed by atoms with Gasteiger partial charge in [0.15, 0.2) is 5.82 Å². The summed E-state index contributed by atoms with van der Waals surface area (Å²) < 4.78 is 0.708. The Labute approximate surface area is 101 Å². The molecule has 0 aliphatic heterocycles. The van der Waals surface area contributed by atoms with E-state index in [4.69, 9.17) is 11.6 Å². The van der Waals surface area contributed by atoms with Crippen molar-refractivity contribution in [1.29, 1.82) is 0 Å². The zero-order valence-corrected chi connectivity index (χ0v) is 9.96. The van der Waals surface area contributed by atoms with E-state index in [1.165, 1.54) is 0 Å². The number of anilines is 2. The first-order valence-electron chi connectivity index (χ1n) is 4.26. The lowest BCUT2D eigenvalue weighted by molar-refractivity contribution is 1.01. The fraction of sp³-hybridized carbons (Fsp3) is 0. The minimum absolute atomic E-state index is 0.681. The molecule has 76 valence electrons. The predicted molar refractivity (Wildman–Crippen MR) is 64.5 cm³/mol. The molecule has 3 nitrogen and oxygen atoms in total. The molecule has 0 bridgehead atoms. The topological polar surface area (TPSA) is 37.8 Å². The van der Waals surface area contributed by atoms with Crippen LogP contribution in [-0.2, 0) is 0 Å². The third-order valence-corrected chi connectivity index (χ3v) is 2.39. The fourth-order valence-corrected chi connectivity index (χ4v) is 1.50. The van der Waals surface area contributed by atoms with Gasteiger partial charge in [-0.2, -0.15) is 0 Å². The van der Waals surface area contributed by atoms with Gasteiger partial charge in [0.1, 0.15) is 4.60 Å². The molecule has 1 N–H and O–H groups in total. The van der Waals surface area contributed by atoms with E-state index >= 15 is 0 Å². The van der Waals surface area contributed by atoms with Crippen LogP contribution in [0.1, 0.15) is 0 Å². The van der Waals surface area contributed by atoms with Crippen LogP contribution in [0.2, 0.25) is 5.02 Å². The van der Waals surface area contributed by atoms with Gasteiger partial charge in [0, 0.05) is 10.7 Å². The summed E-state index contributed by atoms with van der Waals surface area (Å²) in [6.45, 7) is 0. The molecular weight excluding hydrogens is 277 g/mol. The molecule has 1 aromatic carbocycles. The number of hydrogen-bond donors (Lipinski definition) is 1. The Morgan fingerprint density at radius 1 is 1.13 bits per heavy atom. The van der Waals surface area contributed by atoms with E-state index in [9.17, 15) is 0 Å². The fourth-order valence-electron chi connectivity index (χ4n) is 1.10. The second-order valence-corrected chi connectivity index (χ2v) is 4.13. The summed E-state index contributed by atoms with van der Waals surface area (Å²) in [4.78, 5) is 0. The average molecular weight is 285 g/mol. The van der Waals surface area contributed by atoms with Crippen LogP contribution < -0.4 is 5.32 Å². The van der Waals surface area contributed by atoms with Crippen molar-refractivity contribution < 1.29 is 0 Å². The van der Waals surface area contributed by atoms with Crippen LogP contribution in [0.25, 0.3) is 0 Å². The number of hydrogen-bond acceptors (Lipinski definition) is 3. The van der Waals surface area contributed by atoms with Crippen LogP contribution >= 0.6 is 27.5 Å². The molecule has 0 aliphatic rings. The molecule has 0 atom stereocenters. The smallest absolute Gasteiger partial charge is 0.153 e. The van der Waals surface area contributed by atoms with Crippen molar-refractivity contribution in [2.24, 2.45) is 0 Å². The van der Waals surface area contributed by atoms with Crippen molar-refractivity contribution in [2.45, 2.75) is 0 Å². The third-order valence-electron chi connectivity index (χ3n) is 1.73. The monoisotopic (exact) mass is 283 g/mol. The Hall–Kier alpha value is -1.13. The number of halogens is 2. The normalized spacial score (nSPS) is 10.0. The van der Waals surface area contributed by atoms with Crippen LogP contribution in [0.3, 0.4) is 0 Å². The van der Waals surface area contributed by atoms with Crippen molar-refractivity contribution in [1.82, 2.24) is 10.2 Å². The Morgan fingerprint density at radius 2 is 2.00 bits per heavy atom. The highest BCUT2D eigenvalue weighted by atomic mass is 79.9. The first-order chi connectivity index (χ1) is 7.24. The lowest BCUT2D eigenvalue weighted by Gasteiger charge is -2.04. The Bertz CT molecular complexity index is 458. The number of nitrogens with one attached hydrogen (secondary N) is 1. The van der Waals surface area contributed by atoms with Crippen molar-refractivity contribution in [3.8, 4) is 0 Å². The first-order valence-corrected chi connectivity index (χ1v) is 5.43. The lowest BCUT2D eigenvalue weighted by atomic mass is 10.3. The molecule has 0 saturated heterocycles. The minimum Gasteiger partial charge on any atom is -0.339 e. The van der Waals surface area contributed by atoms with Gasteiger partial charge in [0.25, 0.3) is 0 Å². The Kier molecular flexibility index (Phi) is 3.18. The highest BCUT2D eigenvalue weighted by Crippen LogP contribution is 2.18. The molecule has 15 heavy (non-hydrogen) atoms. The molecular formula is C10H7BrClN3. The summed E-state index contributed by atoms with van der Waals surface area (Å²) in [5, 5.41) is 11.6.